The second-order valence-electron chi connectivity index (χ2n) is 6.04. The number of benzene rings is 3. The highest BCUT2D eigenvalue weighted by molar-refractivity contribution is 7.92. The van der Waals surface area contributed by atoms with Crippen LogP contribution in [-0.2, 0) is 10.0 Å². The molecule has 4 N–H and O–H groups in total. The maximum absolute atomic E-state index is 13.0. The number of sulfonamides is 1. The van der Waals surface area contributed by atoms with E-state index in [-0.39, 0.29) is 21.3 Å². The van der Waals surface area contributed by atoms with Crippen LogP contribution in [0.15, 0.2) is 83.8 Å². The van der Waals surface area contributed by atoms with Gasteiger partial charge in [-0.2, -0.15) is 0 Å². The fourth-order valence-corrected chi connectivity index (χ4v) is 3.61. The average Bonchev–Trinajstić information content (AvgIpc) is 2.74. The molecule has 1 amide bonds. The van der Waals surface area contributed by atoms with E-state index in [1.165, 1.54) is 36.4 Å². The van der Waals surface area contributed by atoms with E-state index in [9.17, 15) is 17.6 Å². The van der Waals surface area contributed by atoms with Gasteiger partial charge in [-0.25, -0.2) is 12.8 Å². The molecule has 0 aliphatic carbocycles. The third-order valence-corrected chi connectivity index (χ3v) is 5.45. The van der Waals surface area contributed by atoms with Gasteiger partial charge in [0, 0.05) is 16.9 Å². The van der Waals surface area contributed by atoms with Gasteiger partial charge in [0.15, 0.2) is 5.11 Å². The standard InChI is InChI=1S/C20H17FN4O3S2/c21-15-8-10-17(11-9-15)25-30(27,28)18-12-6-14(7-13-18)19(26)23-24-20(29)22-16-4-2-1-3-5-16/h1-13,25H,(H,23,26)(H2,22,24,29). The molecule has 0 saturated heterocycles. The Morgan fingerprint density at radius 2 is 1.43 bits per heavy atom. The van der Waals surface area contributed by atoms with Crippen LogP contribution in [-0.4, -0.2) is 19.4 Å². The van der Waals surface area contributed by atoms with Crippen LogP contribution in [0.2, 0.25) is 0 Å². The Morgan fingerprint density at radius 1 is 0.800 bits per heavy atom. The Labute approximate surface area is 178 Å². The molecule has 3 aromatic rings. The molecule has 0 heterocycles. The molecule has 0 bridgehead atoms. The number of carbonyl (C=O) groups is 1. The molecule has 7 nitrogen and oxygen atoms in total. The van der Waals surface area contributed by atoms with Crippen LogP contribution in [0.3, 0.4) is 0 Å². The maximum atomic E-state index is 13.0. The Bertz CT molecular complexity index is 1140. The minimum atomic E-state index is -3.88. The Balaban J connectivity index is 1.58. The van der Waals surface area contributed by atoms with E-state index in [2.05, 4.69) is 20.9 Å². The normalized spacial score (nSPS) is 10.7. The van der Waals surface area contributed by atoms with Crippen molar-refractivity contribution in [3.63, 3.8) is 0 Å². The number of rotatable bonds is 5. The summed E-state index contributed by atoms with van der Waals surface area (Å²) in [6.07, 6.45) is 0. The largest absolute Gasteiger partial charge is 0.331 e. The minimum absolute atomic E-state index is 0.0439. The molecule has 0 aromatic heterocycles. The highest BCUT2D eigenvalue weighted by Crippen LogP contribution is 2.17. The number of para-hydroxylation sites is 1. The fourth-order valence-electron chi connectivity index (χ4n) is 2.39. The molecule has 0 aliphatic rings. The predicted octanol–water partition coefficient (Wildman–Crippen LogP) is 3.26. The average molecular weight is 445 g/mol. The summed E-state index contributed by atoms with van der Waals surface area (Å²) in [7, 11) is -3.88. The van der Waals surface area contributed by atoms with Crippen LogP contribution in [0.5, 0.6) is 0 Å². The first-order valence-electron chi connectivity index (χ1n) is 8.64. The van der Waals surface area contributed by atoms with Gasteiger partial charge >= 0.3 is 0 Å². The van der Waals surface area contributed by atoms with Crippen LogP contribution < -0.4 is 20.9 Å². The van der Waals surface area contributed by atoms with Crippen molar-refractivity contribution in [2.45, 2.75) is 4.90 Å². The van der Waals surface area contributed by atoms with E-state index in [0.717, 1.165) is 17.8 Å². The maximum Gasteiger partial charge on any atom is 0.269 e. The van der Waals surface area contributed by atoms with E-state index >= 15 is 0 Å². The number of thiocarbonyl (C=S) groups is 1. The summed E-state index contributed by atoms with van der Waals surface area (Å²) >= 11 is 5.10. The van der Waals surface area contributed by atoms with Gasteiger partial charge < -0.3 is 5.32 Å². The van der Waals surface area contributed by atoms with E-state index in [1.54, 1.807) is 0 Å². The van der Waals surface area contributed by atoms with Crippen molar-refractivity contribution in [2.75, 3.05) is 10.0 Å². The van der Waals surface area contributed by atoms with E-state index in [4.69, 9.17) is 12.2 Å². The lowest BCUT2D eigenvalue weighted by molar-refractivity contribution is 0.0944. The molecule has 10 heteroatoms. The molecule has 0 unspecified atom stereocenters. The lowest BCUT2D eigenvalue weighted by Crippen LogP contribution is -2.43. The van der Waals surface area contributed by atoms with Gasteiger partial charge in [-0.3, -0.25) is 20.4 Å². The molecular weight excluding hydrogens is 427 g/mol. The minimum Gasteiger partial charge on any atom is -0.331 e. The lowest BCUT2D eigenvalue weighted by atomic mass is 10.2. The number of carbonyl (C=O) groups excluding carboxylic acids is 1. The van der Waals surface area contributed by atoms with Gasteiger partial charge in [0.05, 0.1) is 4.90 Å². The molecule has 0 saturated carbocycles. The van der Waals surface area contributed by atoms with Crippen LogP contribution >= 0.6 is 12.2 Å². The zero-order valence-electron chi connectivity index (χ0n) is 15.4. The molecule has 0 atom stereocenters. The van der Waals surface area contributed by atoms with Gasteiger partial charge in [0.2, 0.25) is 0 Å². The van der Waals surface area contributed by atoms with Crippen LogP contribution in [0.1, 0.15) is 10.4 Å². The molecule has 0 spiro atoms. The first kappa shape index (κ1) is 21.2. The molecule has 0 aliphatic heterocycles. The van der Waals surface area contributed by atoms with E-state index in [1.807, 2.05) is 30.3 Å². The lowest BCUT2D eigenvalue weighted by Gasteiger charge is -2.12. The number of hydrazine groups is 1. The first-order chi connectivity index (χ1) is 14.3. The summed E-state index contributed by atoms with van der Waals surface area (Å²) in [5.41, 5.74) is 6.21. The van der Waals surface area contributed by atoms with E-state index in [0.29, 0.717) is 0 Å². The molecular formula is C20H17FN4O3S2. The summed E-state index contributed by atoms with van der Waals surface area (Å²) in [5, 5.41) is 3.09. The Hall–Kier alpha value is -3.50. The molecule has 3 aromatic carbocycles. The quantitative estimate of drug-likeness (QED) is 0.356. The van der Waals surface area contributed by atoms with Crippen LogP contribution in [0.4, 0.5) is 15.8 Å². The van der Waals surface area contributed by atoms with Gasteiger partial charge in [-0.05, 0) is 72.9 Å². The first-order valence-corrected chi connectivity index (χ1v) is 10.5. The fraction of sp³-hybridized carbons (Fsp3) is 0. The molecule has 0 radical (unpaired) electrons. The Morgan fingerprint density at radius 3 is 2.07 bits per heavy atom. The molecule has 30 heavy (non-hydrogen) atoms. The van der Waals surface area contributed by atoms with Crippen molar-refractivity contribution in [3.05, 3.63) is 90.2 Å². The molecule has 154 valence electrons. The van der Waals surface area contributed by atoms with Crippen molar-refractivity contribution < 1.29 is 17.6 Å². The zero-order valence-corrected chi connectivity index (χ0v) is 17.1. The number of anilines is 2. The van der Waals surface area contributed by atoms with Crippen molar-refractivity contribution in [3.8, 4) is 0 Å². The highest BCUT2D eigenvalue weighted by atomic mass is 32.2. The SMILES string of the molecule is O=C(NNC(=S)Nc1ccccc1)c1ccc(S(=O)(=O)Nc2ccc(F)cc2)cc1. The second kappa shape index (κ2) is 9.33. The number of amides is 1. The smallest absolute Gasteiger partial charge is 0.269 e. The monoisotopic (exact) mass is 444 g/mol. The van der Waals surface area contributed by atoms with Crippen molar-refractivity contribution in [1.82, 2.24) is 10.9 Å². The molecule has 3 rings (SSSR count). The summed E-state index contributed by atoms with van der Waals surface area (Å²) in [5.74, 6) is -0.969. The third-order valence-electron chi connectivity index (χ3n) is 3.84. The van der Waals surface area contributed by atoms with Gasteiger partial charge in [-0.15, -0.1) is 0 Å². The Kier molecular flexibility index (Phi) is 6.60. The van der Waals surface area contributed by atoms with Crippen molar-refractivity contribution >= 4 is 44.6 Å². The zero-order chi connectivity index (χ0) is 21.6. The molecule has 0 fully saturated rings. The topological polar surface area (TPSA) is 99.3 Å². The van der Waals surface area contributed by atoms with Gasteiger partial charge in [-0.1, -0.05) is 18.2 Å². The van der Waals surface area contributed by atoms with Crippen molar-refractivity contribution in [1.29, 1.82) is 0 Å². The van der Waals surface area contributed by atoms with Crippen LogP contribution in [0, 0.1) is 5.82 Å². The van der Waals surface area contributed by atoms with E-state index < -0.39 is 21.7 Å². The van der Waals surface area contributed by atoms with Gasteiger partial charge in [0.1, 0.15) is 5.82 Å². The number of hydrogen-bond donors (Lipinski definition) is 4. The number of nitrogens with one attached hydrogen (secondary N) is 4. The van der Waals surface area contributed by atoms with Gasteiger partial charge in [0.25, 0.3) is 15.9 Å². The summed E-state index contributed by atoms with van der Waals surface area (Å²) in [4.78, 5) is 12.2. The predicted molar refractivity (Wildman–Crippen MR) is 117 cm³/mol. The third kappa shape index (κ3) is 5.75. The van der Waals surface area contributed by atoms with Crippen molar-refractivity contribution in [2.24, 2.45) is 0 Å². The summed E-state index contributed by atoms with van der Waals surface area (Å²) in [6.45, 7) is 0. The highest BCUT2D eigenvalue weighted by Gasteiger charge is 2.15. The number of hydrogen-bond acceptors (Lipinski definition) is 4. The summed E-state index contributed by atoms with van der Waals surface area (Å²) < 4.78 is 40.1. The second-order valence-corrected chi connectivity index (χ2v) is 8.13. The summed E-state index contributed by atoms with van der Waals surface area (Å²) in [6, 6.07) is 19.4. The van der Waals surface area contributed by atoms with Crippen LogP contribution in [0.25, 0.3) is 0 Å². The number of halogens is 1.